The predicted octanol–water partition coefficient (Wildman–Crippen LogP) is 4.93. The minimum Gasteiger partial charge on any atom is -0.469 e. The number of methoxy groups -OCH3 is 1. The summed E-state index contributed by atoms with van der Waals surface area (Å²) in [6.45, 7) is 2.17. The third-order valence-electron chi connectivity index (χ3n) is 4.24. The Morgan fingerprint density at radius 2 is 1.96 bits per heavy atom. The van der Waals surface area contributed by atoms with Gasteiger partial charge in [-0.25, -0.2) is 0 Å². The number of halogens is 1. The zero-order chi connectivity index (χ0) is 19.4. The van der Waals surface area contributed by atoms with E-state index in [9.17, 15) is 14.7 Å². The molecule has 0 aromatic carbocycles. The van der Waals surface area contributed by atoms with Crippen molar-refractivity contribution in [3.05, 3.63) is 46.5 Å². The van der Waals surface area contributed by atoms with E-state index in [1.807, 2.05) is 12.2 Å². The number of Topliss-reactive ketones (excluding diaryl/α,β-unsaturated/α-hetero) is 1. The highest BCUT2D eigenvalue weighted by Gasteiger charge is 2.39. The fraction of sp³-hybridized carbons (Fsp3) is 0.524. The molecule has 26 heavy (non-hydrogen) atoms. The zero-order valence-electron chi connectivity index (χ0n) is 15.7. The second kappa shape index (κ2) is 12.0. The highest BCUT2D eigenvalue weighted by atomic mass is 79.9. The Kier molecular flexibility index (Phi) is 10.4. The maximum Gasteiger partial charge on any atom is 0.305 e. The molecule has 0 aromatic rings. The molecule has 0 amide bonds. The lowest BCUT2D eigenvalue weighted by Crippen LogP contribution is -2.27. The lowest BCUT2D eigenvalue weighted by molar-refractivity contribution is -0.140. The number of esters is 1. The van der Waals surface area contributed by atoms with Crippen LogP contribution in [0.3, 0.4) is 0 Å². The van der Waals surface area contributed by atoms with E-state index >= 15 is 0 Å². The van der Waals surface area contributed by atoms with E-state index in [0.717, 1.165) is 12.8 Å². The first-order valence-electron chi connectivity index (χ1n) is 9.19. The predicted molar refractivity (Wildman–Crippen MR) is 108 cm³/mol. The Hall–Kier alpha value is -1.46. The maximum atomic E-state index is 12.3. The van der Waals surface area contributed by atoms with Crippen LogP contribution in [0.25, 0.3) is 0 Å². The molecule has 0 unspecified atom stereocenters. The molecule has 0 aromatic heterocycles. The number of carbonyl (C=O) groups is 2. The fourth-order valence-electron chi connectivity index (χ4n) is 2.69. The van der Waals surface area contributed by atoms with Crippen LogP contribution in [0.2, 0.25) is 0 Å². The van der Waals surface area contributed by atoms with E-state index in [0.29, 0.717) is 35.7 Å². The minimum absolute atomic E-state index is 0.189. The molecule has 1 atom stereocenters. The first kappa shape index (κ1) is 22.6. The highest BCUT2D eigenvalue weighted by Crippen LogP contribution is 2.36. The van der Waals surface area contributed by atoms with Crippen LogP contribution >= 0.6 is 15.9 Å². The van der Waals surface area contributed by atoms with Crippen molar-refractivity contribution in [2.75, 3.05) is 7.11 Å². The molecular weight excluding hydrogens is 396 g/mol. The average molecular weight is 425 g/mol. The Morgan fingerprint density at radius 3 is 2.65 bits per heavy atom. The van der Waals surface area contributed by atoms with E-state index in [1.54, 1.807) is 18.2 Å². The highest BCUT2D eigenvalue weighted by molar-refractivity contribution is 9.12. The second-order valence-electron chi connectivity index (χ2n) is 6.39. The van der Waals surface area contributed by atoms with Crippen molar-refractivity contribution in [1.29, 1.82) is 0 Å². The summed E-state index contributed by atoms with van der Waals surface area (Å²) in [4.78, 5) is 23.3. The van der Waals surface area contributed by atoms with Crippen molar-refractivity contribution in [2.45, 2.75) is 63.9 Å². The summed E-state index contributed by atoms with van der Waals surface area (Å²) in [5.41, 5.74) is -0.903. The Morgan fingerprint density at radius 1 is 1.23 bits per heavy atom. The van der Waals surface area contributed by atoms with Crippen LogP contribution in [-0.4, -0.2) is 29.6 Å². The van der Waals surface area contributed by atoms with Gasteiger partial charge in [-0.15, -0.1) is 0 Å². The van der Waals surface area contributed by atoms with Crippen LogP contribution in [0.5, 0.6) is 0 Å². The molecule has 1 aliphatic carbocycles. The molecule has 0 saturated heterocycles. The van der Waals surface area contributed by atoms with Gasteiger partial charge in [-0.2, -0.15) is 0 Å². The molecule has 0 fully saturated rings. The number of carbonyl (C=O) groups excluding carboxylic acids is 2. The van der Waals surface area contributed by atoms with Crippen molar-refractivity contribution in [3.63, 3.8) is 0 Å². The van der Waals surface area contributed by atoms with Gasteiger partial charge in [0.25, 0.3) is 0 Å². The molecule has 0 radical (unpaired) electrons. The number of hydrogen-bond donors (Lipinski definition) is 1. The average Bonchev–Trinajstić information content (AvgIpc) is 2.83. The van der Waals surface area contributed by atoms with Crippen LogP contribution in [0.15, 0.2) is 46.5 Å². The number of ether oxygens (including phenoxy) is 1. The van der Waals surface area contributed by atoms with Crippen molar-refractivity contribution < 1.29 is 19.4 Å². The van der Waals surface area contributed by atoms with E-state index < -0.39 is 5.60 Å². The Labute approximate surface area is 164 Å². The Balaban J connectivity index is 2.62. The first-order chi connectivity index (χ1) is 12.4. The van der Waals surface area contributed by atoms with E-state index in [-0.39, 0.29) is 11.8 Å². The second-order valence-corrected chi connectivity index (χ2v) is 7.25. The third-order valence-corrected chi connectivity index (χ3v) is 4.83. The summed E-state index contributed by atoms with van der Waals surface area (Å²) in [7, 11) is 1.37. The summed E-state index contributed by atoms with van der Waals surface area (Å²) in [5, 5.41) is 10.9. The molecule has 1 N–H and O–H groups in total. The third kappa shape index (κ3) is 7.42. The van der Waals surface area contributed by atoms with Crippen LogP contribution in [0.1, 0.15) is 58.3 Å². The van der Waals surface area contributed by atoms with Crippen molar-refractivity contribution >= 4 is 27.7 Å². The topological polar surface area (TPSA) is 63.6 Å². The van der Waals surface area contributed by atoms with Gasteiger partial charge in [0.05, 0.1) is 11.6 Å². The fourth-order valence-corrected chi connectivity index (χ4v) is 3.28. The lowest BCUT2D eigenvalue weighted by Gasteiger charge is -2.20. The molecular formula is C21H29BrO4. The van der Waals surface area contributed by atoms with Gasteiger partial charge < -0.3 is 9.84 Å². The molecule has 0 spiro atoms. The summed E-state index contributed by atoms with van der Waals surface area (Å²) in [6, 6.07) is 0. The van der Waals surface area contributed by atoms with Gasteiger partial charge in [0.2, 0.25) is 0 Å². The van der Waals surface area contributed by atoms with Gasteiger partial charge in [-0.3, -0.25) is 9.59 Å². The number of aliphatic hydroxyl groups is 1. The summed E-state index contributed by atoms with van der Waals surface area (Å²) in [5.74, 6) is -0.415. The largest absolute Gasteiger partial charge is 0.469 e. The van der Waals surface area contributed by atoms with Crippen LogP contribution < -0.4 is 0 Å². The monoisotopic (exact) mass is 424 g/mol. The van der Waals surface area contributed by atoms with Crippen molar-refractivity contribution in [1.82, 2.24) is 0 Å². The van der Waals surface area contributed by atoms with E-state index in [1.165, 1.54) is 20.0 Å². The number of hydrogen-bond acceptors (Lipinski definition) is 4. The van der Waals surface area contributed by atoms with Crippen LogP contribution in [0, 0.1) is 0 Å². The molecule has 0 bridgehead atoms. The standard InChI is InChI=1S/C21H29BrO4/c1-3-4-5-6-9-12-15-21(25)16-18(22)20(24)17(21)13-10-7-8-11-14-19(23)26-2/h7,9-10,12-13,16,25H,3-6,8,11,14-15H2,1-2H3/b10-7-,12-9-,17-13+/t21-/m1/s1. The quantitative estimate of drug-likeness (QED) is 0.221. The number of ketones is 1. The van der Waals surface area contributed by atoms with Crippen LogP contribution in [0.4, 0.5) is 0 Å². The summed E-state index contributed by atoms with van der Waals surface area (Å²) < 4.78 is 4.98. The van der Waals surface area contributed by atoms with Crippen LogP contribution in [-0.2, 0) is 14.3 Å². The smallest absolute Gasteiger partial charge is 0.305 e. The SMILES string of the molecule is CCCCC/C=C\C[C@@]1(O)C=C(Br)C(=O)/C1=C\C=C/CCCC(=O)OC. The van der Waals surface area contributed by atoms with Crippen molar-refractivity contribution in [3.8, 4) is 0 Å². The molecule has 0 saturated carbocycles. The molecule has 1 rings (SSSR count). The maximum absolute atomic E-state index is 12.3. The van der Waals surface area contributed by atoms with Gasteiger partial charge in [-0.05, 0) is 47.7 Å². The molecule has 4 nitrogen and oxygen atoms in total. The molecule has 1 aliphatic rings. The minimum atomic E-state index is -1.27. The Bertz CT molecular complexity index is 601. The zero-order valence-corrected chi connectivity index (χ0v) is 17.3. The van der Waals surface area contributed by atoms with E-state index in [4.69, 9.17) is 0 Å². The van der Waals surface area contributed by atoms with Gasteiger partial charge in [-0.1, -0.05) is 50.1 Å². The van der Waals surface area contributed by atoms with Gasteiger partial charge >= 0.3 is 5.97 Å². The molecule has 5 heteroatoms. The van der Waals surface area contributed by atoms with Crippen molar-refractivity contribution in [2.24, 2.45) is 0 Å². The van der Waals surface area contributed by atoms with Gasteiger partial charge in [0.15, 0.2) is 5.78 Å². The normalized spacial score (nSPS) is 21.9. The number of rotatable bonds is 11. The van der Waals surface area contributed by atoms with E-state index in [2.05, 4.69) is 33.7 Å². The number of unbranched alkanes of at least 4 members (excludes halogenated alkanes) is 4. The lowest BCUT2D eigenvalue weighted by atomic mass is 9.92. The molecule has 0 aliphatic heterocycles. The van der Waals surface area contributed by atoms with Gasteiger partial charge in [0, 0.05) is 18.4 Å². The molecule has 144 valence electrons. The first-order valence-corrected chi connectivity index (χ1v) is 9.98. The molecule has 0 heterocycles. The van der Waals surface area contributed by atoms with Gasteiger partial charge in [0.1, 0.15) is 5.60 Å². The summed E-state index contributed by atoms with van der Waals surface area (Å²) >= 11 is 3.23. The summed E-state index contributed by atoms with van der Waals surface area (Å²) in [6.07, 6.45) is 17.5. The number of allylic oxidation sites excluding steroid dienone is 5.